The van der Waals surface area contributed by atoms with E-state index in [1.54, 1.807) is 12.1 Å². The number of hydrogen-bond acceptors (Lipinski definition) is 3. The molecule has 0 bridgehead atoms. The largest absolute Gasteiger partial charge is 0.367 e. The smallest absolute Gasteiger partial charge is 0.214 e. The van der Waals surface area contributed by atoms with Crippen LogP contribution in [0.1, 0.15) is 13.8 Å². The minimum absolute atomic E-state index is 0.314. The Labute approximate surface area is 88.3 Å². The molecule has 1 rings (SSSR count). The summed E-state index contributed by atoms with van der Waals surface area (Å²) < 4.78 is 12.7. The first-order chi connectivity index (χ1) is 6.72. The molecule has 1 unspecified atom stereocenters. The van der Waals surface area contributed by atoms with Crippen LogP contribution in [0.3, 0.4) is 0 Å². The summed E-state index contributed by atoms with van der Waals surface area (Å²) in [7, 11) is 0. The third kappa shape index (κ3) is 3.96. The van der Waals surface area contributed by atoms with Gasteiger partial charge < -0.3 is 5.32 Å². The van der Waals surface area contributed by atoms with Gasteiger partial charge in [-0.05, 0) is 24.8 Å². The normalized spacial score (nSPS) is 12.5. The molecule has 0 radical (unpaired) electrons. The fourth-order valence-corrected chi connectivity index (χ4v) is 1.75. The maximum Gasteiger partial charge on any atom is 0.214 e. The zero-order valence-corrected chi connectivity index (χ0v) is 9.27. The van der Waals surface area contributed by atoms with E-state index in [1.807, 2.05) is 11.8 Å². The molecule has 0 fully saturated rings. The fraction of sp³-hybridized carbons (Fsp3) is 0.500. The zero-order chi connectivity index (χ0) is 10.4. The first-order valence-electron chi connectivity index (χ1n) is 4.69. The number of anilines is 1. The number of rotatable bonds is 5. The molecule has 1 heterocycles. The first-order valence-corrected chi connectivity index (χ1v) is 5.84. The van der Waals surface area contributed by atoms with Crippen molar-refractivity contribution in [2.24, 2.45) is 0 Å². The van der Waals surface area contributed by atoms with Gasteiger partial charge in [-0.15, -0.1) is 0 Å². The molecule has 78 valence electrons. The number of nitrogens with zero attached hydrogens (tertiary/aromatic N) is 1. The molecule has 0 aliphatic carbocycles. The Hall–Kier alpha value is -0.770. The molecule has 14 heavy (non-hydrogen) atoms. The predicted molar refractivity (Wildman–Crippen MR) is 60.3 cm³/mol. The summed E-state index contributed by atoms with van der Waals surface area (Å²) >= 11 is 1.86. The molecule has 0 aliphatic heterocycles. The lowest BCUT2D eigenvalue weighted by Crippen LogP contribution is -2.18. The van der Waals surface area contributed by atoms with Crippen LogP contribution in [0.2, 0.25) is 0 Å². The Balaban J connectivity index is 2.43. The maximum atomic E-state index is 12.7. The summed E-state index contributed by atoms with van der Waals surface area (Å²) in [5, 5.41) is 3.15. The van der Waals surface area contributed by atoms with Gasteiger partial charge in [0.1, 0.15) is 5.82 Å². The number of halogens is 1. The fourth-order valence-electron chi connectivity index (χ4n) is 1.08. The van der Waals surface area contributed by atoms with Crippen molar-refractivity contribution in [1.29, 1.82) is 0 Å². The van der Waals surface area contributed by atoms with Crippen molar-refractivity contribution in [3.8, 4) is 0 Å². The van der Waals surface area contributed by atoms with E-state index in [-0.39, 0.29) is 0 Å². The van der Waals surface area contributed by atoms with Crippen LogP contribution in [-0.4, -0.2) is 22.5 Å². The molecule has 2 nitrogen and oxygen atoms in total. The average molecular weight is 214 g/mol. The molecule has 0 aromatic carbocycles. The summed E-state index contributed by atoms with van der Waals surface area (Å²) in [5.74, 6) is 2.27. The van der Waals surface area contributed by atoms with Crippen LogP contribution in [0.15, 0.2) is 18.2 Å². The van der Waals surface area contributed by atoms with Crippen molar-refractivity contribution in [3.05, 3.63) is 24.1 Å². The quantitative estimate of drug-likeness (QED) is 0.763. The summed E-state index contributed by atoms with van der Waals surface area (Å²) in [6.45, 7) is 4.19. The summed E-state index contributed by atoms with van der Waals surface area (Å²) in [6.07, 6.45) is 0. The molecule has 1 atom stereocenters. The van der Waals surface area contributed by atoms with E-state index in [4.69, 9.17) is 0 Å². The van der Waals surface area contributed by atoms with E-state index in [0.29, 0.717) is 11.9 Å². The SMILES string of the molecule is CCSCC(C)Nc1cccc(F)n1. The monoisotopic (exact) mass is 214 g/mol. The van der Waals surface area contributed by atoms with Crippen molar-refractivity contribution in [2.45, 2.75) is 19.9 Å². The standard InChI is InChI=1S/C10H15FN2S/c1-3-14-7-8(2)12-10-6-4-5-9(11)13-10/h4-6,8H,3,7H2,1-2H3,(H,12,13). The molecule has 1 N–H and O–H groups in total. The molecule has 0 saturated heterocycles. The van der Waals surface area contributed by atoms with Crippen LogP contribution in [0.25, 0.3) is 0 Å². The minimum atomic E-state index is -0.439. The molecule has 4 heteroatoms. The number of thioether (sulfide) groups is 1. The number of hydrogen-bond donors (Lipinski definition) is 1. The molecular formula is C10H15FN2S. The second-order valence-electron chi connectivity index (χ2n) is 3.05. The summed E-state index contributed by atoms with van der Waals surface area (Å²) in [4.78, 5) is 3.73. The number of nitrogens with one attached hydrogen (secondary N) is 1. The lowest BCUT2D eigenvalue weighted by molar-refractivity contribution is 0.584. The molecule has 0 saturated carbocycles. The van der Waals surface area contributed by atoms with Crippen molar-refractivity contribution in [3.63, 3.8) is 0 Å². The summed E-state index contributed by atoms with van der Waals surface area (Å²) in [5.41, 5.74) is 0. The molecule has 0 amide bonds. The van der Waals surface area contributed by atoms with Crippen LogP contribution >= 0.6 is 11.8 Å². The van der Waals surface area contributed by atoms with Gasteiger partial charge in [0.2, 0.25) is 5.95 Å². The van der Waals surface area contributed by atoms with Gasteiger partial charge in [-0.25, -0.2) is 4.98 Å². The third-order valence-electron chi connectivity index (χ3n) is 1.68. The number of aromatic nitrogens is 1. The number of pyridine rings is 1. The predicted octanol–water partition coefficient (Wildman–Crippen LogP) is 2.77. The van der Waals surface area contributed by atoms with Crippen LogP contribution < -0.4 is 5.32 Å². The van der Waals surface area contributed by atoms with Crippen LogP contribution in [0, 0.1) is 5.95 Å². The second-order valence-corrected chi connectivity index (χ2v) is 4.37. The van der Waals surface area contributed by atoms with E-state index in [2.05, 4.69) is 24.1 Å². The lowest BCUT2D eigenvalue weighted by atomic mass is 10.3. The van der Waals surface area contributed by atoms with Gasteiger partial charge in [0.15, 0.2) is 0 Å². The zero-order valence-electron chi connectivity index (χ0n) is 8.46. The van der Waals surface area contributed by atoms with Crippen molar-refractivity contribution >= 4 is 17.6 Å². The van der Waals surface area contributed by atoms with E-state index in [9.17, 15) is 4.39 Å². The molecule has 0 spiro atoms. The average Bonchev–Trinajstić information content (AvgIpc) is 2.15. The molecular weight excluding hydrogens is 199 g/mol. The highest BCUT2D eigenvalue weighted by molar-refractivity contribution is 7.99. The molecule has 1 aromatic rings. The van der Waals surface area contributed by atoms with Gasteiger partial charge in [0.05, 0.1) is 0 Å². The topological polar surface area (TPSA) is 24.9 Å². The molecule has 1 aromatic heterocycles. The Morgan fingerprint density at radius 2 is 2.36 bits per heavy atom. The van der Waals surface area contributed by atoms with E-state index < -0.39 is 5.95 Å². The Morgan fingerprint density at radius 1 is 1.57 bits per heavy atom. The van der Waals surface area contributed by atoms with Gasteiger partial charge in [-0.1, -0.05) is 13.0 Å². The maximum absolute atomic E-state index is 12.7. The third-order valence-corrected chi connectivity index (χ3v) is 2.83. The van der Waals surface area contributed by atoms with Gasteiger partial charge >= 0.3 is 0 Å². The van der Waals surface area contributed by atoms with Crippen LogP contribution in [0.4, 0.5) is 10.2 Å². The second kappa shape index (κ2) is 5.86. The minimum Gasteiger partial charge on any atom is -0.367 e. The van der Waals surface area contributed by atoms with Gasteiger partial charge in [-0.2, -0.15) is 16.2 Å². The van der Waals surface area contributed by atoms with Gasteiger partial charge in [0.25, 0.3) is 0 Å². The van der Waals surface area contributed by atoms with Gasteiger partial charge in [-0.3, -0.25) is 0 Å². The highest BCUT2D eigenvalue weighted by atomic mass is 32.2. The highest BCUT2D eigenvalue weighted by Crippen LogP contribution is 2.08. The van der Waals surface area contributed by atoms with Crippen LogP contribution in [0.5, 0.6) is 0 Å². The van der Waals surface area contributed by atoms with E-state index in [0.717, 1.165) is 11.5 Å². The van der Waals surface area contributed by atoms with E-state index in [1.165, 1.54) is 6.07 Å². The van der Waals surface area contributed by atoms with Crippen LogP contribution in [-0.2, 0) is 0 Å². The Bertz CT molecular complexity index is 281. The van der Waals surface area contributed by atoms with Crippen molar-refractivity contribution < 1.29 is 4.39 Å². The lowest BCUT2D eigenvalue weighted by Gasteiger charge is -2.13. The Kier molecular flexibility index (Phi) is 4.73. The Morgan fingerprint density at radius 3 is 3.00 bits per heavy atom. The highest BCUT2D eigenvalue weighted by Gasteiger charge is 2.02. The van der Waals surface area contributed by atoms with Gasteiger partial charge in [0, 0.05) is 11.8 Å². The van der Waals surface area contributed by atoms with Crippen molar-refractivity contribution in [1.82, 2.24) is 4.98 Å². The van der Waals surface area contributed by atoms with Crippen molar-refractivity contribution in [2.75, 3.05) is 16.8 Å². The molecule has 0 aliphatic rings. The first kappa shape index (κ1) is 11.3. The van der Waals surface area contributed by atoms with E-state index >= 15 is 0 Å². The summed E-state index contributed by atoms with van der Waals surface area (Å²) in [6, 6.07) is 5.09.